The Morgan fingerprint density at radius 2 is 1.55 bits per heavy atom. The topological polar surface area (TPSA) is 87.2 Å². The first-order valence-corrected chi connectivity index (χ1v) is 10.3. The van der Waals surface area contributed by atoms with Crippen LogP contribution in [-0.2, 0) is 7.05 Å². The summed E-state index contributed by atoms with van der Waals surface area (Å²) >= 11 is 0. The number of hydrogen-bond donors (Lipinski definition) is 0. The molecule has 6 rings (SSSR count). The number of nitrogens with zero attached hydrogens (tertiary/aromatic N) is 3. The van der Waals surface area contributed by atoms with E-state index in [4.69, 9.17) is 9.15 Å². The maximum atomic E-state index is 13.0. The lowest BCUT2D eigenvalue weighted by molar-refractivity contribution is 0.0990. The molecule has 2 aromatic heterocycles. The number of aryl methyl sites for hydroxylation is 1. The van der Waals surface area contributed by atoms with Gasteiger partial charge in [0.15, 0.2) is 11.6 Å². The third-order valence-electron chi connectivity index (χ3n) is 5.93. The molecular weight excluding hydrogens is 418 g/mol. The second-order valence-corrected chi connectivity index (χ2v) is 7.86. The van der Waals surface area contributed by atoms with Crippen LogP contribution < -0.4 is 4.74 Å². The zero-order valence-electron chi connectivity index (χ0n) is 17.8. The van der Waals surface area contributed by atoms with Gasteiger partial charge in [-0.3, -0.25) is 9.59 Å². The van der Waals surface area contributed by atoms with Crippen LogP contribution in [0.3, 0.4) is 0 Å². The number of ether oxygens (including phenoxy) is 1. The van der Waals surface area contributed by atoms with Crippen LogP contribution >= 0.6 is 0 Å². The lowest BCUT2D eigenvalue weighted by Gasteiger charge is -2.03. The summed E-state index contributed by atoms with van der Waals surface area (Å²) in [6.07, 6.45) is 1.41. The molecule has 160 valence electrons. The largest absolute Gasteiger partial charge is 0.497 e. The number of imidazole rings is 1. The first-order valence-electron chi connectivity index (χ1n) is 10.3. The minimum Gasteiger partial charge on any atom is -0.497 e. The Morgan fingerprint density at radius 1 is 0.909 bits per heavy atom. The Bertz CT molecular complexity index is 1580. The Morgan fingerprint density at radius 3 is 2.12 bits per heavy atom. The zero-order chi connectivity index (χ0) is 22.7. The monoisotopic (exact) mass is 435 g/mol. The number of fused-ring (bicyclic) bond motifs is 3. The van der Waals surface area contributed by atoms with Gasteiger partial charge in [0.2, 0.25) is 11.5 Å². The van der Waals surface area contributed by atoms with Crippen molar-refractivity contribution in [2.24, 2.45) is 7.05 Å². The number of ketones is 2. The molecule has 0 saturated heterocycles. The van der Waals surface area contributed by atoms with E-state index < -0.39 is 0 Å². The van der Waals surface area contributed by atoms with Gasteiger partial charge in [-0.05, 0) is 47.2 Å². The van der Waals surface area contributed by atoms with Crippen molar-refractivity contribution >= 4 is 39.8 Å². The third-order valence-corrected chi connectivity index (χ3v) is 5.93. The predicted molar refractivity (Wildman–Crippen MR) is 123 cm³/mol. The fraction of sp³-hybridized carbons (Fsp3) is 0.0769. The normalized spacial score (nSPS) is 13.2. The summed E-state index contributed by atoms with van der Waals surface area (Å²) in [5.74, 6) is 0.955. The highest BCUT2D eigenvalue weighted by Crippen LogP contribution is 2.32. The van der Waals surface area contributed by atoms with Crippen molar-refractivity contribution in [1.29, 1.82) is 0 Å². The number of Topliss-reactive ketones (excluding diaryl/α,β-unsaturated/α-hetero) is 2. The van der Waals surface area contributed by atoms with Crippen LogP contribution in [0.25, 0.3) is 39.6 Å². The first kappa shape index (κ1) is 19.2. The molecule has 0 atom stereocenters. The van der Waals surface area contributed by atoms with Crippen LogP contribution in [-0.4, -0.2) is 33.2 Å². The third kappa shape index (κ3) is 2.90. The fourth-order valence-electron chi connectivity index (χ4n) is 4.21. The maximum absolute atomic E-state index is 13.0. The summed E-state index contributed by atoms with van der Waals surface area (Å²) in [6.45, 7) is 0. The average molecular weight is 435 g/mol. The van der Waals surface area contributed by atoms with Gasteiger partial charge in [-0.15, -0.1) is 0 Å². The minimum atomic E-state index is -0.324. The van der Waals surface area contributed by atoms with Crippen LogP contribution in [0.2, 0.25) is 0 Å². The predicted octanol–water partition coefficient (Wildman–Crippen LogP) is 4.85. The van der Waals surface area contributed by atoms with Crippen molar-refractivity contribution in [2.75, 3.05) is 7.11 Å². The second kappa shape index (κ2) is 7.00. The minimum absolute atomic E-state index is 0.0437. The van der Waals surface area contributed by atoms with Crippen LogP contribution in [0.1, 0.15) is 26.6 Å². The molecule has 0 N–H and O–H groups in total. The molecule has 2 heterocycles. The fourth-order valence-corrected chi connectivity index (χ4v) is 4.21. The number of methoxy groups -OCH3 is 1. The van der Waals surface area contributed by atoms with Gasteiger partial charge in [-0.25, -0.2) is 0 Å². The molecule has 0 aliphatic heterocycles. The number of rotatable bonds is 3. The molecular formula is C26H17N3O4. The molecule has 0 spiro atoms. The van der Waals surface area contributed by atoms with E-state index >= 15 is 0 Å². The van der Waals surface area contributed by atoms with Gasteiger partial charge in [0.1, 0.15) is 11.6 Å². The van der Waals surface area contributed by atoms with Crippen molar-refractivity contribution in [1.82, 2.24) is 14.5 Å². The van der Waals surface area contributed by atoms with E-state index in [1.807, 2.05) is 60.1 Å². The van der Waals surface area contributed by atoms with Gasteiger partial charge in [-0.2, -0.15) is 9.97 Å². The van der Waals surface area contributed by atoms with Gasteiger partial charge < -0.3 is 13.7 Å². The van der Waals surface area contributed by atoms with Gasteiger partial charge in [0, 0.05) is 29.8 Å². The van der Waals surface area contributed by atoms with Crippen molar-refractivity contribution in [3.63, 3.8) is 0 Å². The number of carbonyl (C=O) groups excluding carboxylic acids is 2. The van der Waals surface area contributed by atoms with Crippen LogP contribution in [0.5, 0.6) is 5.75 Å². The maximum Gasteiger partial charge on any atom is 0.267 e. The lowest BCUT2D eigenvalue weighted by Crippen LogP contribution is -2.00. The van der Waals surface area contributed by atoms with E-state index in [1.165, 1.54) is 6.08 Å². The summed E-state index contributed by atoms with van der Waals surface area (Å²) in [6, 6.07) is 18.7. The van der Waals surface area contributed by atoms with Gasteiger partial charge >= 0.3 is 0 Å². The molecule has 1 aliphatic carbocycles. The van der Waals surface area contributed by atoms with Crippen molar-refractivity contribution in [3.05, 3.63) is 83.3 Å². The Balaban J connectivity index is 1.38. The molecule has 1 aliphatic rings. The Hall–Kier alpha value is -4.52. The molecule has 7 nitrogen and oxygen atoms in total. The van der Waals surface area contributed by atoms with Gasteiger partial charge in [0.25, 0.3) is 5.71 Å². The number of aromatic nitrogens is 3. The van der Waals surface area contributed by atoms with E-state index in [0.717, 1.165) is 22.1 Å². The highest BCUT2D eigenvalue weighted by molar-refractivity contribution is 6.42. The van der Waals surface area contributed by atoms with Crippen molar-refractivity contribution in [3.8, 4) is 17.1 Å². The molecule has 5 aromatic rings. The van der Waals surface area contributed by atoms with Crippen LogP contribution in [0.4, 0.5) is 0 Å². The first-order chi connectivity index (χ1) is 16.0. The molecule has 0 radical (unpaired) electrons. The Labute approximate surface area is 187 Å². The summed E-state index contributed by atoms with van der Waals surface area (Å²) in [5, 5.41) is 1.83. The number of carbonyl (C=O) groups is 2. The van der Waals surface area contributed by atoms with Crippen LogP contribution in [0.15, 0.2) is 70.7 Å². The van der Waals surface area contributed by atoms with Crippen molar-refractivity contribution in [2.45, 2.75) is 0 Å². The van der Waals surface area contributed by atoms with Gasteiger partial charge in [0.05, 0.1) is 12.7 Å². The Kier molecular flexibility index (Phi) is 4.07. The van der Waals surface area contributed by atoms with Gasteiger partial charge in [-0.1, -0.05) is 24.3 Å². The molecule has 7 heteroatoms. The number of allylic oxidation sites excluding steroid dienone is 1. The molecule has 0 fully saturated rings. The summed E-state index contributed by atoms with van der Waals surface area (Å²) in [5.41, 5.74) is 2.59. The molecule has 0 bridgehead atoms. The highest BCUT2D eigenvalue weighted by atomic mass is 16.5. The van der Waals surface area contributed by atoms with E-state index in [0.29, 0.717) is 28.3 Å². The molecule has 0 amide bonds. The molecule has 0 unspecified atom stereocenters. The number of benzene rings is 3. The van der Waals surface area contributed by atoms with E-state index in [9.17, 15) is 9.59 Å². The second-order valence-electron chi connectivity index (χ2n) is 7.86. The summed E-state index contributed by atoms with van der Waals surface area (Å²) < 4.78 is 12.8. The number of hydrogen-bond acceptors (Lipinski definition) is 6. The lowest BCUT2D eigenvalue weighted by atomic mass is 10.0. The van der Waals surface area contributed by atoms with Crippen LogP contribution in [0, 0.1) is 0 Å². The van der Waals surface area contributed by atoms with E-state index in [2.05, 4.69) is 9.97 Å². The smallest absolute Gasteiger partial charge is 0.267 e. The SMILES string of the molecule is COc1ccc(-c2nc3oc(C=C4C(=O)c5cc6ccccc6cc5C4=O)nc3n2C)cc1. The molecule has 3 aromatic carbocycles. The molecule has 33 heavy (non-hydrogen) atoms. The highest BCUT2D eigenvalue weighted by Gasteiger charge is 2.34. The summed E-state index contributed by atoms with van der Waals surface area (Å²) in [4.78, 5) is 35.0. The molecule has 0 saturated carbocycles. The van der Waals surface area contributed by atoms with Crippen molar-refractivity contribution < 1.29 is 18.7 Å². The zero-order valence-corrected chi connectivity index (χ0v) is 17.8. The standard InChI is InChI=1S/C26H17N3O4/c1-29-24(14-7-9-17(32-2)10-8-14)28-26-25(29)27-21(33-26)13-20-22(30)18-11-15-5-3-4-6-16(15)12-19(18)23(20)31/h3-13H,1-2H3. The summed E-state index contributed by atoms with van der Waals surface area (Å²) in [7, 11) is 3.45. The average Bonchev–Trinajstić information content (AvgIpc) is 3.45. The van der Waals surface area contributed by atoms with E-state index in [-0.39, 0.29) is 23.0 Å². The quantitative estimate of drug-likeness (QED) is 0.297. The number of oxazole rings is 1. The van der Waals surface area contributed by atoms with E-state index in [1.54, 1.807) is 19.2 Å².